The summed E-state index contributed by atoms with van der Waals surface area (Å²) in [6.45, 7) is 9.89. The molecule has 0 bridgehead atoms. The van der Waals surface area contributed by atoms with E-state index in [9.17, 15) is 0 Å². The van der Waals surface area contributed by atoms with E-state index in [-0.39, 0.29) is 0 Å². The third kappa shape index (κ3) is 3.85. The van der Waals surface area contributed by atoms with Crippen molar-refractivity contribution in [3.63, 3.8) is 0 Å². The van der Waals surface area contributed by atoms with Gasteiger partial charge in [-0.2, -0.15) is 0 Å². The van der Waals surface area contributed by atoms with E-state index in [2.05, 4.69) is 42.8 Å². The number of aryl methyl sites for hydroxylation is 1. The Morgan fingerprint density at radius 2 is 1.81 bits per heavy atom. The van der Waals surface area contributed by atoms with Crippen LogP contribution >= 0.6 is 0 Å². The maximum absolute atomic E-state index is 6.14. The Morgan fingerprint density at radius 1 is 1.10 bits per heavy atom. The van der Waals surface area contributed by atoms with E-state index >= 15 is 0 Å². The number of nitrogens with zero attached hydrogens (tertiary/aromatic N) is 2. The van der Waals surface area contributed by atoms with E-state index in [1.165, 1.54) is 24.0 Å². The molecule has 0 amide bonds. The van der Waals surface area contributed by atoms with Crippen LogP contribution in [0.25, 0.3) is 10.9 Å². The first kappa shape index (κ1) is 16.0. The van der Waals surface area contributed by atoms with Crippen molar-refractivity contribution < 1.29 is 0 Å². The summed E-state index contributed by atoms with van der Waals surface area (Å²) in [5.74, 6) is 0. The molecule has 21 heavy (non-hydrogen) atoms. The molecule has 3 heteroatoms. The van der Waals surface area contributed by atoms with Crippen molar-refractivity contribution in [2.45, 2.75) is 46.6 Å². The van der Waals surface area contributed by atoms with E-state index < -0.39 is 0 Å². The number of hydrogen-bond acceptors (Lipinski definition) is 2. The second-order valence-electron chi connectivity index (χ2n) is 5.68. The van der Waals surface area contributed by atoms with Gasteiger partial charge in [0.15, 0.2) is 0 Å². The number of benzene rings is 1. The number of hydrogen-bond donors (Lipinski definition) is 0. The van der Waals surface area contributed by atoms with E-state index in [4.69, 9.17) is 7.85 Å². The van der Waals surface area contributed by atoms with Crippen molar-refractivity contribution in [3.8, 4) is 0 Å². The van der Waals surface area contributed by atoms with Crippen molar-refractivity contribution in [1.82, 2.24) is 9.88 Å². The number of rotatable bonds is 7. The summed E-state index contributed by atoms with van der Waals surface area (Å²) in [5.41, 5.74) is 4.53. The normalized spacial score (nSPS) is 11.4. The highest BCUT2D eigenvalue weighted by atomic mass is 15.1. The van der Waals surface area contributed by atoms with Gasteiger partial charge in [0.2, 0.25) is 0 Å². The second-order valence-corrected chi connectivity index (χ2v) is 5.68. The third-order valence-corrected chi connectivity index (χ3v) is 3.90. The van der Waals surface area contributed by atoms with Gasteiger partial charge in [-0.25, -0.2) is 0 Å². The van der Waals surface area contributed by atoms with Crippen molar-refractivity contribution >= 4 is 24.2 Å². The summed E-state index contributed by atoms with van der Waals surface area (Å²) in [4.78, 5) is 7.10. The van der Waals surface area contributed by atoms with Crippen LogP contribution in [0.3, 0.4) is 0 Å². The molecular weight excluding hydrogens is 255 g/mol. The summed E-state index contributed by atoms with van der Waals surface area (Å²) in [6.07, 6.45) is 5.21. The highest BCUT2D eigenvalue weighted by Gasteiger charge is 2.10. The smallest absolute Gasteiger partial charge is 0.114 e. The van der Waals surface area contributed by atoms with E-state index in [0.29, 0.717) is 0 Å². The molecule has 0 fully saturated rings. The number of fused-ring (bicyclic) bond motifs is 1. The summed E-state index contributed by atoms with van der Waals surface area (Å²) >= 11 is 0. The highest BCUT2D eigenvalue weighted by molar-refractivity contribution is 6.38. The molecule has 1 aromatic carbocycles. The van der Waals surface area contributed by atoms with Crippen LogP contribution in [-0.4, -0.2) is 30.8 Å². The minimum Gasteiger partial charge on any atom is -0.299 e. The largest absolute Gasteiger partial charge is 0.299 e. The molecule has 1 aromatic heterocycles. The van der Waals surface area contributed by atoms with Crippen LogP contribution in [0, 0.1) is 0 Å². The molecule has 0 aliphatic rings. The van der Waals surface area contributed by atoms with Crippen molar-refractivity contribution in [2.75, 3.05) is 13.1 Å². The molecule has 0 atom stereocenters. The zero-order valence-electron chi connectivity index (χ0n) is 13.5. The highest BCUT2D eigenvalue weighted by Crippen LogP contribution is 2.20. The predicted molar refractivity (Wildman–Crippen MR) is 92.4 cm³/mol. The minimum atomic E-state index is 0.828. The second kappa shape index (κ2) is 7.60. The fraction of sp³-hybridized carbons (Fsp3) is 0.500. The van der Waals surface area contributed by atoms with Crippen LogP contribution in [0.1, 0.15) is 44.7 Å². The molecule has 0 unspecified atom stereocenters. The van der Waals surface area contributed by atoms with Crippen LogP contribution in [0.5, 0.6) is 0 Å². The monoisotopic (exact) mass is 280 g/mol. The van der Waals surface area contributed by atoms with E-state index in [1.54, 1.807) is 0 Å². The summed E-state index contributed by atoms with van der Waals surface area (Å²) in [5, 5.41) is 1.10. The fourth-order valence-corrected chi connectivity index (χ4v) is 2.88. The third-order valence-electron chi connectivity index (χ3n) is 3.90. The quantitative estimate of drug-likeness (QED) is 0.724. The van der Waals surface area contributed by atoms with Crippen LogP contribution in [-0.2, 0) is 13.0 Å². The fourth-order valence-electron chi connectivity index (χ4n) is 2.88. The van der Waals surface area contributed by atoms with Gasteiger partial charge in [0, 0.05) is 12.7 Å². The van der Waals surface area contributed by atoms with E-state index in [0.717, 1.165) is 42.4 Å². The molecule has 0 N–H and O–H groups in total. The first-order chi connectivity index (χ1) is 10.2. The summed E-state index contributed by atoms with van der Waals surface area (Å²) in [6, 6.07) is 6.37. The lowest BCUT2D eigenvalue weighted by Crippen LogP contribution is -2.25. The summed E-state index contributed by atoms with van der Waals surface area (Å²) in [7, 11) is 6.14. The first-order valence-corrected chi connectivity index (χ1v) is 8.07. The Balaban J connectivity index is 2.43. The van der Waals surface area contributed by atoms with Gasteiger partial charge in [-0.3, -0.25) is 9.88 Å². The molecule has 110 valence electrons. The Kier molecular flexibility index (Phi) is 5.80. The van der Waals surface area contributed by atoms with E-state index in [1.807, 2.05) is 12.3 Å². The molecule has 0 aliphatic heterocycles. The minimum absolute atomic E-state index is 0.828. The molecule has 0 aliphatic carbocycles. The molecule has 2 nitrogen and oxygen atoms in total. The molecule has 0 spiro atoms. The lowest BCUT2D eigenvalue weighted by atomic mass is 9.90. The Bertz CT molecular complexity index is 589. The van der Waals surface area contributed by atoms with Gasteiger partial charge in [-0.15, -0.1) is 0 Å². The van der Waals surface area contributed by atoms with Gasteiger partial charge in [0.05, 0.1) is 5.52 Å². The topological polar surface area (TPSA) is 16.1 Å². The Hall–Kier alpha value is -1.35. The van der Waals surface area contributed by atoms with Gasteiger partial charge < -0.3 is 0 Å². The summed E-state index contributed by atoms with van der Waals surface area (Å²) < 4.78 is 0. The Morgan fingerprint density at radius 3 is 2.43 bits per heavy atom. The molecule has 2 aromatic rings. The van der Waals surface area contributed by atoms with Crippen LogP contribution in [0.4, 0.5) is 0 Å². The standard InChI is InChI=1S/C18H25BN2/c1-4-9-21(10-5-2)13-15-11-14(6-3)12-16-17(19)7-8-20-18(15)16/h7-8,11-12H,4-6,9-10,13H2,1-3H3. The van der Waals surface area contributed by atoms with Crippen LogP contribution in [0.15, 0.2) is 24.4 Å². The van der Waals surface area contributed by atoms with Crippen LogP contribution in [0.2, 0.25) is 0 Å². The molecular formula is C18H25BN2. The van der Waals surface area contributed by atoms with Gasteiger partial charge in [-0.05, 0) is 48.9 Å². The predicted octanol–water partition coefficient (Wildman–Crippen LogP) is 3.21. The molecule has 0 saturated heterocycles. The first-order valence-electron chi connectivity index (χ1n) is 8.07. The maximum atomic E-state index is 6.14. The lowest BCUT2D eigenvalue weighted by Gasteiger charge is -2.22. The van der Waals surface area contributed by atoms with Crippen LogP contribution < -0.4 is 5.46 Å². The van der Waals surface area contributed by atoms with Gasteiger partial charge in [0.1, 0.15) is 7.85 Å². The van der Waals surface area contributed by atoms with Crippen molar-refractivity contribution in [1.29, 1.82) is 0 Å². The van der Waals surface area contributed by atoms with Gasteiger partial charge in [0.25, 0.3) is 0 Å². The zero-order chi connectivity index (χ0) is 15.2. The molecule has 2 rings (SSSR count). The number of aromatic nitrogens is 1. The molecule has 2 radical (unpaired) electrons. The number of pyridine rings is 1. The van der Waals surface area contributed by atoms with Crippen molar-refractivity contribution in [2.24, 2.45) is 0 Å². The lowest BCUT2D eigenvalue weighted by molar-refractivity contribution is 0.267. The average Bonchev–Trinajstić information content (AvgIpc) is 2.48. The maximum Gasteiger partial charge on any atom is 0.114 e. The van der Waals surface area contributed by atoms with Crippen molar-refractivity contribution in [3.05, 3.63) is 35.5 Å². The molecule has 0 saturated carbocycles. The zero-order valence-corrected chi connectivity index (χ0v) is 13.5. The van der Waals surface area contributed by atoms with Gasteiger partial charge in [-0.1, -0.05) is 44.4 Å². The average molecular weight is 280 g/mol. The SMILES string of the molecule is [B]c1ccnc2c(CN(CCC)CCC)cc(CC)cc12. The Labute approximate surface area is 130 Å². The molecule has 1 heterocycles. The van der Waals surface area contributed by atoms with Gasteiger partial charge >= 0.3 is 0 Å².